The number of hydrogen-bond acceptors (Lipinski definition) is 7. The summed E-state index contributed by atoms with van der Waals surface area (Å²) in [4.78, 5) is 21.8. The molecule has 0 unspecified atom stereocenters. The Labute approximate surface area is 167 Å². The lowest BCUT2D eigenvalue weighted by molar-refractivity contribution is -0.0171. The SMILES string of the molecule is O=c1c2ccccc2nc(SCc2cc(F)cc3c2OCOC3)n1-c1ncn[nH]1. The minimum absolute atomic E-state index is 0.118. The van der Waals surface area contributed by atoms with E-state index < -0.39 is 0 Å². The standard InChI is InChI=1S/C19H14FN5O3S/c20-13-5-11-7-27-10-28-16(11)12(6-13)8-29-19-23-15-4-2-1-3-14(15)17(26)25(19)18-21-9-22-24-18/h1-6,9H,7-8,10H2,(H,21,22,24). The molecule has 0 radical (unpaired) electrons. The molecule has 1 N–H and O–H groups in total. The molecule has 10 heteroatoms. The summed E-state index contributed by atoms with van der Waals surface area (Å²) in [6.45, 7) is 0.412. The number of fused-ring (bicyclic) bond motifs is 2. The lowest BCUT2D eigenvalue weighted by atomic mass is 10.1. The number of hydrogen-bond donors (Lipinski definition) is 1. The minimum atomic E-state index is -0.368. The van der Waals surface area contributed by atoms with Gasteiger partial charge in [0, 0.05) is 16.9 Å². The number of H-pyrrole nitrogens is 1. The summed E-state index contributed by atoms with van der Waals surface area (Å²) >= 11 is 1.29. The van der Waals surface area contributed by atoms with Crippen LogP contribution in [0.3, 0.4) is 0 Å². The molecule has 0 aliphatic carbocycles. The second kappa shape index (κ2) is 7.30. The maximum Gasteiger partial charge on any atom is 0.269 e. The summed E-state index contributed by atoms with van der Waals surface area (Å²) in [5, 5.41) is 7.42. The second-order valence-electron chi connectivity index (χ2n) is 6.31. The fourth-order valence-corrected chi connectivity index (χ4v) is 4.17. The van der Waals surface area contributed by atoms with Crippen molar-refractivity contribution < 1.29 is 13.9 Å². The number of aromatic amines is 1. The predicted octanol–water partition coefficient (Wildman–Crippen LogP) is 2.80. The van der Waals surface area contributed by atoms with Crippen LogP contribution in [0, 0.1) is 5.82 Å². The van der Waals surface area contributed by atoms with Gasteiger partial charge >= 0.3 is 0 Å². The van der Waals surface area contributed by atoms with E-state index in [2.05, 4.69) is 20.2 Å². The molecule has 0 atom stereocenters. The first-order chi connectivity index (χ1) is 14.2. The summed E-state index contributed by atoms with van der Waals surface area (Å²) in [6, 6.07) is 9.91. The third-order valence-corrected chi connectivity index (χ3v) is 5.45. The van der Waals surface area contributed by atoms with Crippen molar-refractivity contribution in [1.29, 1.82) is 0 Å². The fraction of sp³-hybridized carbons (Fsp3) is 0.158. The first-order valence-corrected chi connectivity index (χ1v) is 9.71. The molecule has 2 aromatic carbocycles. The van der Waals surface area contributed by atoms with Gasteiger partial charge in [0.2, 0.25) is 5.95 Å². The zero-order valence-corrected chi connectivity index (χ0v) is 15.8. The molecule has 3 heterocycles. The molecule has 0 fully saturated rings. The molecular formula is C19H14FN5O3S. The van der Waals surface area contributed by atoms with Gasteiger partial charge in [0.15, 0.2) is 11.9 Å². The summed E-state index contributed by atoms with van der Waals surface area (Å²) in [7, 11) is 0. The van der Waals surface area contributed by atoms with Gasteiger partial charge in [-0.15, -0.1) is 0 Å². The number of benzene rings is 2. The van der Waals surface area contributed by atoms with Gasteiger partial charge in [0.1, 0.15) is 17.9 Å². The monoisotopic (exact) mass is 411 g/mol. The quantitative estimate of drug-likeness (QED) is 0.408. The summed E-state index contributed by atoms with van der Waals surface area (Å²) < 4.78 is 26.2. The van der Waals surface area contributed by atoms with Crippen molar-refractivity contribution in [1.82, 2.24) is 24.7 Å². The summed E-state index contributed by atoms with van der Waals surface area (Å²) in [5.74, 6) is 0.854. The van der Waals surface area contributed by atoms with Crippen molar-refractivity contribution in [3.05, 3.63) is 70.0 Å². The third kappa shape index (κ3) is 3.26. The number of rotatable bonds is 4. The highest BCUT2D eigenvalue weighted by Gasteiger charge is 2.19. The Morgan fingerprint density at radius 1 is 1.28 bits per heavy atom. The number of halogens is 1. The lowest BCUT2D eigenvalue weighted by Gasteiger charge is -2.20. The predicted molar refractivity (Wildman–Crippen MR) is 104 cm³/mol. The van der Waals surface area contributed by atoms with Crippen LogP contribution in [0.2, 0.25) is 0 Å². The van der Waals surface area contributed by atoms with Gasteiger partial charge < -0.3 is 9.47 Å². The van der Waals surface area contributed by atoms with Crippen molar-refractivity contribution in [3.63, 3.8) is 0 Å². The van der Waals surface area contributed by atoms with Crippen LogP contribution in [0.1, 0.15) is 11.1 Å². The van der Waals surface area contributed by atoms with E-state index in [0.29, 0.717) is 45.3 Å². The number of thioether (sulfide) groups is 1. The highest BCUT2D eigenvalue weighted by atomic mass is 32.2. The minimum Gasteiger partial charge on any atom is -0.467 e. The van der Waals surface area contributed by atoms with Crippen LogP contribution < -0.4 is 10.3 Å². The number of nitrogens with zero attached hydrogens (tertiary/aromatic N) is 4. The highest BCUT2D eigenvalue weighted by Crippen LogP contribution is 2.34. The van der Waals surface area contributed by atoms with Gasteiger partial charge in [-0.25, -0.2) is 19.0 Å². The molecule has 5 rings (SSSR count). The smallest absolute Gasteiger partial charge is 0.269 e. The molecular weight excluding hydrogens is 397 g/mol. The van der Waals surface area contributed by atoms with Crippen molar-refractivity contribution >= 4 is 22.7 Å². The van der Waals surface area contributed by atoms with Gasteiger partial charge in [0.05, 0.1) is 17.5 Å². The maximum absolute atomic E-state index is 14.0. The van der Waals surface area contributed by atoms with Crippen LogP contribution in [-0.4, -0.2) is 31.5 Å². The molecule has 2 aromatic heterocycles. The van der Waals surface area contributed by atoms with Gasteiger partial charge in [0.25, 0.3) is 5.56 Å². The maximum atomic E-state index is 14.0. The Morgan fingerprint density at radius 3 is 3.03 bits per heavy atom. The van der Waals surface area contributed by atoms with E-state index in [0.717, 1.165) is 0 Å². The molecule has 1 aliphatic rings. The molecule has 29 heavy (non-hydrogen) atoms. The Balaban J connectivity index is 1.59. The van der Waals surface area contributed by atoms with Gasteiger partial charge in [-0.05, 0) is 24.3 Å². The molecule has 146 valence electrons. The second-order valence-corrected chi connectivity index (χ2v) is 7.26. The zero-order chi connectivity index (χ0) is 19.8. The average molecular weight is 411 g/mol. The van der Waals surface area contributed by atoms with E-state index in [-0.39, 0.29) is 24.1 Å². The number of aromatic nitrogens is 5. The lowest BCUT2D eigenvalue weighted by Crippen LogP contribution is -2.23. The molecule has 0 amide bonds. The van der Waals surface area contributed by atoms with Crippen LogP contribution >= 0.6 is 11.8 Å². The van der Waals surface area contributed by atoms with Crippen LogP contribution in [0.15, 0.2) is 52.7 Å². The number of ether oxygens (including phenoxy) is 2. The first-order valence-electron chi connectivity index (χ1n) is 8.73. The fourth-order valence-electron chi connectivity index (χ4n) is 3.21. The van der Waals surface area contributed by atoms with E-state index in [1.165, 1.54) is 34.8 Å². The average Bonchev–Trinajstić information content (AvgIpc) is 3.26. The highest BCUT2D eigenvalue weighted by molar-refractivity contribution is 7.98. The molecule has 1 aliphatic heterocycles. The van der Waals surface area contributed by atoms with Crippen LogP contribution in [0.4, 0.5) is 4.39 Å². The summed E-state index contributed by atoms with van der Waals surface area (Å²) in [6.07, 6.45) is 1.32. The van der Waals surface area contributed by atoms with E-state index in [1.807, 2.05) is 6.07 Å². The molecule has 4 aromatic rings. The van der Waals surface area contributed by atoms with Gasteiger partial charge in [-0.2, -0.15) is 10.1 Å². The number of nitrogens with one attached hydrogen (secondary N) is 1. The Hall–Kier alpha value is -3.24. The molecule has 0 bridgehead atoms. The third-order valence-electron chi connectivity index (χ3n) is 4.47. The van der Waals surface area contributed by atoms with Crippen molar-refractivity contribution in [2.45, 2.75) is 17.5 Å². The van der Waals surface area contributed by atoms with Crippen molar-refractivity contribution in [3.8, 4) is 11.7 Å². The largest absolute Gasteiger partial charge is 0.467 e. The van der Waals surface area contributed by atoms with Crippen molar-refractivity contribution in [2.24, 2.45) is 0 Å². The van der Waals surface area contributed by atoms with Gasteiger partial charge in [-0.3, -0.25) is 4.79 Å². The van der Waals surface area contributed by atoms with E-state index in [9.17, 15) is 9.18 Å². The van der Waals surface area contributed by atoms with E-state index in [1.54, 1.807) is 18.2 Å². The van der Waals surface area contributed by atoms with Crippen LogP contribution in [0.5, 0.6) is 5.75 Å². The Bertz CT molecular complexity index is 1260. The van der Waals surface area contributed by atoms with Gasteiger partial charge in [-0.1, -0.05) is 23.9 Å². The van der Waals surface area contributed by atoms with Crippen LogP contribution in [0.25, 0.3) is 16.9 Å². The van der Waals surface area contributed by atoms with E-state index >= 15 is 0 Å². The van der Waals surface area contributed by atoms with Crippen molar-refractivity contribution in [2.75, 3.05) is 6.79 Å². The number of para-hydroxylation sites is 1. The molecule has 8 nitrogen and oxygen atoms in total. The molecule has 0 spiro atoms. The summed E-state index contributed by atoms with van der Waals surface area (Å²) in [5.41, 5.74) is 1.63. The Morgan fingerprint density at radius 2 is 2.17 bits per heavy atom. The normalized spacial score (nSPS) is 13.3. The van der Waals surface area contributed by atoms with E-state index in [4.69, 9.17) is 9.47 Å². The molecule has 0 saturated carbocycles. The first kappa shape index (κ1) is 17.8. The Kier molecular flexibility index (Phi) is 4.49. The molecule has 0 saturated heterocycles. The topological polar surface area (TPSA) is 94.9 Å². The van der Waals surface area contributed by atoms with Crippen LogP contribution in [-0.2, 0) is 17.1 Å². The zero-order valence-electron chi connectivity index (χ0n) is 15.0.